The number of benzene rings is 2. The Morgan fingerprint density at radius 3 is 2.09 bits per heavy atom. The van der Waals surface area contributed by atoms with Gasteiger partial charge in [-0.25, -0.2) is 4.79 Å². The number of esters is 1. The van der Waals surface area contributed by atoms with Gasteiger partial charge in [0.15, 0.2) is 0 Å². The molecule has 0 saturated heterocycles. The quantitative estimate of drug-likeness (QED) is 0.528. The molecule has 0 saturated carbocycles. The second-order valence-corrected chi connectivity index (χ2v) is 7.55. The smallest absolute Gasteiger partial charge is 0.343 e. The number of ether oxygens (including phenoxy) is 1. The topological polar surface area (TPSA) is 80.7 Å². The third kappa shape index (κ3) is 4.18. The van der Waals surface area contributed by atoms with E-state index in [0.717, 1.165) is 5.56 Å². The summed E-state index contributed by atoms with van der Waals surface area (Å²) >= 11 is 0. The highest BCUT2D eigenvalue weighted by molar-refractivity contribution is 7.85. The molecule has 0 aliphatic carbocycles. The molecule has 5 nitrogen and oxygen atoms in total. The van der Waals surface area contributed by atoms with Crippen LogP contribution < -0.4 is 4.74 Å². The van der Waals surface area contributed by atoms with Gasteiger partial charge in [0.2, 0.25) is 0 Å². The first-order valence-electron chi connectivity index (χ1n) is 6.98. The molecule has 23 heavy (non-hydrogen) atoms. The summed E-state index contributed by atoms with van der Waals surface area (Å²) in [6.07, 6.45) is 0. The Kier molecular flexibility index (Phi) is 4.58. The van der Waals surface area contributed by atoms with Crippen molar-refractivity contribution in [1.29, 1.82) is 0 Å². The zero-order valence-corrected chi connectivity index (χ0v) is 13.9. The van der Waals surface area contributed by atoms with Crippen LogP contribution in [0, 0.1) is 0 Å². The molecule has 0 fully saturated rings. The lowest BCUT2D eigenvalue weighted by molar-refractivity contribution is 0.0732. The van der Waals surface area contributed by atoms with Crippen molar-refractivity contribution in [2.24, 2.45) is 0 Å². The number of rotatable bonds is 3. The van der Waals surface area contributed by atoms with E-state index in [-0.39, 0.29) is 16.1 Å². The van der Waals surface area contributed by atoms with Gasteiger partial charge in [-0.1, -0.05) is 39.0 Å². The Bertz CT molecular complexity index is 815. The van der Waals surface area contributed by atoms with E-state index in [1.807, 2.05) is 32.9 Å². The van der Waals surface area contributed by atoms with Crippen LogP contribution in [-0.2, 0) is 15.5 Å². The molecule has 2 aromatic rings. The molecule has 0 unspecified atom stereocenters. The maximum absolute atomic E-state index is 12.4. The van der Waals surface area contributed by atoms with Crippen molar-refractivity contribution in [2.75, 3.05) is 0 Å². The van der Waals surface area contributed by atoms with Crippen molar-refractivity contribution in [1.82, 2.24) is 0 Å². The average molecular weight is 334 g/mol. The summed E-state index contributed by atoms with van der Waals surface area (Å²) < 4.78 is 36.2. The molecule has 0 radical (unpaired) electrons. The first-order chi connectivity index (χ1) is 10.6. The summed E-state index contributed by atoms with van der Waals surface area (Å²) in [7, 11) is -4.27. The van der Waals surface area contributed by atoms with Gasteiger partial charge < -0.3 is 4.74 Å². The van der Waals surface area contributed by atoms with Gasteiger partial charge in [-0.15, -0.1) is 0 Å². The lowest BCUT2D eigenvalue weighted by atomic mass is 9.84. The van der Waals surface area contributed by atoms with E-state index in [0.29, 0.717) is 5.56 Å². The van der Waals surface area contributed by atoms with Crippen LogP contribution in [0.25, 0.3) is 0 Å². The van der Waals surface area contributed by atoms with Crippen molar-refractivity contribution >= 4 is 16.1 Å². The predicted octanol–water partition coefficient (Wildman–Crippen LogP) is 3.45. The maximum atomic E-state index is 12.4. The third-order valence-corrected chi connectivity index (χ3v) is 4.16. The van der Waals surface area contributed by atoms with E-state index in [1.54, 1.807) is 12.1 Å². The molecule has 0 aromatic heterocycles. The molecular weight excluding hydrogens is 316 g/mol. The van der Waals surface area contributed by atoms with E-state index in [4.69, 9.17) is 9.29 Å². The van der Waals surface area contributed by atoms with Crippen molar-refractivity contribution in [3.63, 3.8) is 0 Å². The van der Waals surface area contributed by atoms with Gasteiger partial charge in [0.25, 0.3) is 10.1 Å². The SMILES string of the molecule is CC(C)(C)c1ccccc1C(=O)Oc1ccc(S(=O)(=O)O)cc1. The van der Waals surface area contributed by atoms with Crippen molar-refractivity contribution in [3.05, 3.63) is 59.7 Å². The minimum absolute atomic E-state index is 0.200. The fourth-order valence-electron chi connectivity index (χ4n) is 2.16. The minimum Gasteiger partial charge on any atom is -0.423 e. The highest BCUT2D eigenvalue weighted by Gasteiger charge is 2.22. The van der Waals surface area contributed by atoms with Crippen LogP contribution in [0.2, 0.25) is 0 Å². The fourth-order valence-corrected chi connectivity index (χ4v) is 2.64. The summed E-state index contributed by atoms with van der Waals surface area (Å²) in [5, 5.41) is 0. The summed E-state index contributed by atoms with van der Waals surface area (Å²) in [6, 6.07) is 12.2. The molecule has 0 aliphatic heterocycles. The molecule has 0 spiro atoms. The number of hydrogen-bond donors (Lipinski definition) is 1. The van der Waals surface area contributed by atoms with E-state index in [2.05, 4.69) is 0 Å². The zero-order chi connectivity index (χ0) is 17.3. The predicted molar refractivity (Wildman–Crippen MR) is 86.4 cm³/mol. The summed E-state index contributed by atoms with van der Waals surface area (Å²) in [6.45, 7) is 6.00. The number of hydrogen-bond acceptors (Lipinski definition) is 4. The van der Waals surface area contributed by atoms with Gasteiger partial charge in [-0.2, -0.15) is 8.42 Å². The number of carbonyl (C=O) groups is 1. The van der Waals surface area contributed by atoms with Crippen LogP contribution >= 0.6 is 0 Å². The van der Waals surface area contributed by atoms with E-state index < -0.39 is 16.1 Å². The fraction of sp³-hybridized carbons (Fsp3) is 0.235. The molecule has 2 rings (SSSR count). The molecule has 0 amide bonds. The van der Waals surface area contributed by atoms with Crippen molar-refractivity contribution in [2.45, 2.75) is 31.1 Å². The molecule has 0 bridgehead atoms. The Morgan fingerprint density at radius 2 is 1.57 bits per heavy atom. The summed E-state index contributed by atoms with van der Waals surface area (Å²) in [5.74, 6) is -0.318. The van der Waals surface area contributed by atoms with Gasteiger partial charge in [-0.05, 0) is 41.3 Å². The normalized spacial score (nSPS) is 12.0. The lowest BCUT2D eigenvalue weighted by Gasteiger charge is -2.21. The van der Waals surface area contributed by atoms with E-state index >= 15 is 0 Å². The Labute approximate surface area is 135 Å². The monoisotopic (exact) mass is 334 g/mol. The maximum Gasteiger partial charge on any atom is 0.343 e. The Hall–Kier alpha value is -2.18. The molecule has 6 heteroatoms. The summed E-state index contributed by atoms with van der Waals surface area (Å²) in [5.41, 5.74) is 1.10. The van der Waals surface area contributed by atoms with Gasteiger partial charge in [0.05, 0.1) is 10.5 Å². The Morgan fingerprint density at radius 1 is 1.00 bits per heavy atom. The zero-order valence-electron chi connectivity index (χ0n) is 13.1. The molecule has 122 valence electrons. The molecule has 1 N–H and O–H groups in total. The molecule has 0 heterocycles. The summed E-state index contributed by atoms with van der Waals surface area (Å²) in [4.78, 5) is 12.1. The van der Waals surface area contributed by atoms with Crippen molar-refractivity contribution < 1.29 is 22.5 Å². The second kappa shape index (κ2) is 6.14. The Balaban J connectivity index is 2.27. The van der Waals surface area contributed by atoms with E-state index in [9.17, 15) is 13.2 Å². The average Bonchev–Trinajstić information content (AvgIpc) is 2.46. The van der Waals surface area contributed by atoms with Crippen LogP contribution in [0.4, 0.5) is 0 Å². The first-order valence-corrected chi connectivity index (χ1v) is 8.42. The van der Waals surface area contributed by atoms with Crippen LogP contribution in [0.3, 0.4) is 0 Å². The van der Waals surface area contributed by atoms with Crippen LogP contribution in [0.5, 0.6) is 5.75 Å². The number of carbonyl (C=O) groups excluding carboxylic acids is 1. The van der Waals surface area contributed by atoms with Gasteiger partial charge in [-0.3, -0.25) is 4.55 Å². The van der Waals surface area contributed by atoms with E-state index in [1.165, 1.54) is 24.3 Å². The molecule has 0 aliphatic rings. The van der Waals surface area contributed by atoms with Gasteiger partial charge >= 0.3 is 5.97 Å². The van der Waals surface area contributed by atoms with Crippen LogP contribution in [0.1, 0.15) is 36.7 Å². The largest absolute Gasteiger partial charge is 0.423 e. The highest BCUT2D eigenvalue weighted by Crippen LogP contribution is 2.27. The van der Waals surface area contributed by atoms with Crippen molar-refractivity contribution in [3.8, 4) is 5.75 Å². The first kappa shape index (κ1) is 17.2. The standard InChI is InChI=1S/C17H18O5S/c1-17(2,3)15-7-5-4-6-14(15)16(18)22-12-8-10-13(11-9-12)23(19,20)21/h4-11H,1-3H3,(H,19,20,21). The van der Waals surface area contributed by atoms with Crippen LogP contribution in [-0.4, -0.2) is 18.9 Å². The molecule has 0 atom stereocenters. The second-order valence-electron chi connectivity index (χ2n) is 6.13. The van der Waals surface area contributed by atoms with Gasteiger partial charge in [0, 0.05) is 0 Å². The molecular formula is C17H18O5S. The lowest BCUT2D eigenvalue weighted by Crippen LogP contribution is -2.19. The molecule has 2 aromatic carbocycles. The minimum atomic E-state index is -4.27. The van der Waals surface area contributed by atoms with Crippen LogP contribution in [0.15, 0.2) is 53.4 Å². The van der Waals surface area contributed by atoms with Gasteiger partial charge in [0.1, 0.15) is 5.75 Å². The highest BCUT2D eigenvalue weighted by atomic mass is 32.2. The third-order valence-electron chi connectivity index (χ3n) is 3.29.